The number of alkyl halides is 21. The molecular weight excluding hydrogens is 531 g/mol. The lowest BCUT2D eigenvalue weighted by molar-refractivity contribution is -0.642. The van der Waals surface area contributed by atoms with Gasteiger partial charge in [0.15, 0.2) is 10.8 Å². The third kappa shape index (κ3) is 2.76. The van der Waals surface area contributed by atoms with Crippen LogP contribution in [0.4, 0.5) is 92.2 Å². The Labute approximate surface area is 159 Å². The van der Waals surface area contributed by atoms with E-state index >= 15 is 0 Å². The minimum Gasteiger partial charge on any atom is -0.171 e. The third-order valence-electron chi connectivity index (χ3n) is 5.02. The van der Waals surface area contributed by atoms with Crippen LogP contribution < -0.4 is 0 Å². The van der Waals surface area contributed by atoms with Crippen molar-refractivity contribution in [2.75, 3.05) is 0 Å². The van der Waals surface area contributed by atoms with Crippen molar-refractivity contribution < 1.29 is 92.2 Å². The van der Waals surface area contributed by atoms with Crippen LogP contribution in [0, 0.1) is 22.2 Å². The Bertz CT molecular complexity index is 626. The number of rotatable bonds is 0. The van der Waals surface area contributed by atoms with Gasteiger partial charge in [0.2, 0.25) is 5.41 Å². The van der Waals surface area contributed by atoms with Gasteiger partial charge in [0.1, 0.15) is 5.92 Å². The highest BCUT2D eigenvalue weighted by molar-refractivity contribution is 5.37. The molecule has 0 aliphatic heterocycles. The molecule has 1 aliphatic rings. The summed E-state index contributed by atoms with van der Waals surface area (Å²) in [5, 5.41) is 0. The van der Waals surface area contributed by atoms with E-state index in [0.29, 0.717) is 0 Å². The van der Waals surface area contributed by atoms with Crippen molar-refractivity contribution in [3.8, 4) is 0 Å². The van der Waals surface area contributed by atoms with Gasteiger partial charge in [0.05, 0.1) is 0 Å². The Morgan fingerprint density at radius 2 is 0.500 bits per heavy atom. The monoisotopic (exact) mass is 532 g/mol. The first kappa shape index (κ1) is 28.6. The second kappa shape index (κ2) is 6.35. The molecule has 0 aromatic carbocycles. The summed E-state index contributed by atoms with van der Waals surface area (Å²) in [5.41, 5.74) is -26.5. The van der Waals surface area contributed by atoms with Crippen LogP contribution in [0.2, 0.25) is 0 Å². The van der Waals surface area contributed by atoms with Crippen molar-refractivity contribution in [2.24, 2.45) is 22.2 Å². The molecule has 0 bridgehead atoms. The van der Waals surface area contributed by atoms with Crippen LogP contribution in [0.15, 0.2) is 0 Å². The molecule has 0 aromatic rings. The summed E-state index contributed by atoms with van der Waals surface area (Å²) in [7, 11) is 0. The van der Waals surface area contributed by atoms with Gasteiger partial charge in [-0.2, -0.15) is 92.2 Å². The maximum Gasteiger partial charge on any atom is 0.405 e. The molecule has 0 atom stereocenters. The molecule has 0 nitrogen and oxygen atoms in total. The standard InChI is InChI=1S/C11HF21/c12-4(13,14)1-2(6(15,16)17,7(18,19)20)5(10(27,28)29,11(30,31)32)3(1,8(21,22)23)9(24,25)26/h1H. The van der Waals surface area contributed by atoms with Crippen LogP contribution in [-0.2, 0) is 0 Å². The van der Waals surface area contributed by atoms with Crippen molar-refractivity contribution in [3.63, 3.8) is 0 Å². The lowest BCUT2D eigenvalue weighted by atomic mass is 9.28. The summed E-state index contributed by atoms with van der Waals surface area (Å²) < 4.78 is 276. The largest absolute Gasteiger partial charge is 0.405 e. The van der Waals surface area contributed by atoms with Crippen LogP contribution in [0.3, 0.4) is 0 Å². The first-order valence-corrected chi connectivity index (χ1v) is 6.83. The van der Waals surface area contributed by atoms with Gasteiger partial charge in [0.25, 0.3) is 0 Å². The van der Waals surface area contributed by atoms with Gasteiger partial charge in [0, 0.05) is 0 Å². The Balaban J connectivity index is 4.85. The van der Waals surface area contributed by atoms with Gasteiger partial charge in [-0.25, -0.2) is 0 Å². The van der Waals surface area contributed by atoms with E-state index in [9.17, 15) is 92.2 Å². The molecule has 0 heterocycles. The zero-order valence-corrected chi connectivity index (χ0v) is 13.5. The van der Waals surface area contributed by atoms with Gasteiger partial charge < -0.3 is 0 Å². The lowest BCUT2D eigenvalue weighted by Gasteiger charge is -2.73. The molecule has 1 rings (SSSR count). The highest BCUT2D eigenvalue weighted by Gasteiger charge is 3.17. The molecule has 1 fully saturated rings. The predicted molar refractivity (Wildman–Crippen MR) is 53.2 cm³/mol. The van der Waals surface area contributed by atoms with Gasteiger partial charge >= 0.3 is 43.2 Å². The fraction of sp³-hybridized carbons (Fsp3) is 1.00. The van der Waals surface area contributed by atoms with E-state index in [1.807, 2.05) is 0 Å². The molecule has 32 heavy (non-hydrogen) atoms. The number of hydrogen-bond donors (Lipinski definition) is 0. The predicted octanol–water partition coefficient (Wildman–Crippen LogP) is 7.51. The Hall–Kier alpha value is -1.47. The van der Waals surface area contributed by atoms with E-state index < -0.39 is 65.4 Å². The van der Waals surface area contributed by atoms with Crippen molar-refractivity contribution in [2.45, 2.75) is 43.2 Å². The molecule has 0 unspecified atom stereocenters. The van der Waals surface area contributed by atoms with Crippen LogP contribution in [0.25, 0.3) is 0 Å². The molecule has 21 heteroatoms. The molecule has 1 aliphatic carbocycles. The van der Waals surface area contributed by atoms with Crippen LogP contribution in [0.5, 0.6) is 0 Å². The summed E-state index contributed by atoms with van der Waals surface area (Å²) in [5.74, 6) is -7.37. The summed E-state index contributed by atoms with van der Waals surface area (Å²) >= 11 is 0. The highest BCUT2D eigenvalue weighted by Crippen LogP contribution is 2.94. The third-order valence-corrected chi connectivity index (χ3v) is 5.02. The average molecular weight is 532 g/mol. The molecule has 0 N–H and O–H groups in total. The molecular formula is C11HF21. The van der Waals surface area contributed by atoms with Gasteiger partial charge in [-0.05, 0) is 0 Å². The van der Waals surface area contributed by atoms with Gasteiger partial charge in [-0.1, -0.05) is 0 Å². The molecule has 1 saturated carbocycles. The van der Waals surface area contributed by atoms with E-state index in [4.69, 9.17) is 0 Å². The van der Waals surface area contributed by atoms with Gasteiger partial charge in [-0.3, -0.25) is 0 Å². The Kier molecular flexibility index (Phi) is 5.67. The van der Waals surface area contributed by atoms with Crippen molar-refractivity contribution >= 4 is 0 Å². The van der Waals surface area contributed by atoms with E-state index in [2.05, 4.69) is 0 Å². The zero-order valence-electron chi connectivity index (χ0n) is 13.5. The average Bonchev–Trinajstić information content (AvgIpc) is 2.23. The summed E-state index contributed by atoms with van der Waals surface area (Å²) in [6.07, 6.45) is -60.5. The summed E-state index contributed by atoms with van der Waals surface area (Å²) in [4.78, 5) is 0. The number of hydrogen-bond acceptors (Lipinski definition) is 0. The first-order valence-electron chi connectivity index (χ1n) is 6.83. The second-order valence-electron chi connectivity index (χ2n) is 6.33. The number of halogens is 21. The van der Waals surface area contributed by atoms with E-state index in [0.717, 1.165) is 0 Å². The molecule has 0 amide bonds. The van der Waals surface area contributed by atoms with E-state index in [1.54, 1.807) is 0 Å². The quantitative estimate of drug-likeness (QED) is 0.284. The second-order valence-corrected chi connectivity index (χ2v) is 6.33. The van der Waals surface area contributed by atoms with Gasteiger partial charge in [-0.15, -0.1) is 0 Å². The summed E-state index contributed by atoms with van der Waals surface area (Å²) in [6, 6.07) is 0. The Morgan fingerprint density at radius 1 is 0.312 bits per heavy atom. The fourth-order valence-corrected chi connectivity index (χ4v) is 4.36. The van der Waals surface area contributed by atoms with Crippen molar-refractivity contribution in [1.29, 1.82) is 0 Å². The topological polar surface area (TPSA) is 0 Å². The van der Waals surface area contributed by atoms with Crippen molar-refractivity contribution in [3.05, 3.63) is 0 Å². The van der Waals surface area contributed by atoms with Crippen LogP contribution in [0.1, 0.15) is 0 Å². The molecule has 0 aromatic heterocycles. The molecule has 0 spiro atoms. The van der Waals surface area contributed by atoms with E-state index in [-0.39, 0.29) is 0 Å². The maximum absolute atomic E-state index is 13.2. The van der Waals surface area contributed by atoms with Crippen molar-refractivity contribution in [1.82, 2.24) is 0 Å². The fourth-order valence-electron chi connectivity index (χ4n) is 4.36. The van der Waals surface area contributed by atoms with E-state index in [1.165, 1.54) is 0 Å². The SMILES string of the molecule is FC(F)(F)C1C(C(F)(F)F)(C(F)(F)F)C(C(F)(F)F)(C(F)(F)F)C1(C(F)(F)F)C(F)(F)F. The van der Waals surface area contributed by atoms with Crippen LogP contribution in [-0.4, -0.2) is 43.2 Å². The van der Waals surface area contributed by atoms with Crippen LogP contribution >= 0.6 is 0 Å². The highest BCUT2D eigenvalue weighted by atomic mass is 19.4. The minimum absolute atomic E-state index is 7.37. The normalized spacial score (nSPS) is 23.2. The molecule has 192 valence electrons. The zero-order chi connectivity index (χ0) is 26.6. The lowest BCUT2D eigenvalue weighted by Crippen LogP contribution is -2.96. The Morgan fingerprint density at radius 3 is 0.594 bits per heavy atom. The first-order chi connectivity index (χ1) is 13.4. The summed E-state index contributed by atoms with van der Waals surface area (Å²) in [6.45, 7) is 0. The smallest absolute Gasteiger partial charge is 0.171 e. The minimum atomic E-state index is -9.13. The molecule has 0 saturated heterocycles. The maximum atomic E-state index is 13.2. The molecule has 0 radical (unpaired) electrons.